The van der Waals surface area contributed by atoms with E-state index in [0.717, 1.165) is 5.56 Å². The lowest BCUT2D eigenvalue weighted by molar-refractivity contribution is -0.142. The van der Waals surface area contributed by atoms with E-state index in [1.54, 1.807) is 6.08 Å². The first kappa shape index (κ1) is 17.4. The smallest absolute Gasteiger partial charge is 0.307 e. The Labute approximate surface area is 126 Å². The van der Waals surface area contributed by atoms with E-state index in [1.807, 2.05) is 24.3 Å². The summed E-state index contributed by atoms with van der Waals surface area (Å²) in [7, 11) is 1.34. The number of rotatable bonds is 8. The Morgan fingerprint density at radius 3 is 2.38 bits per heavy atom. The summed E-state index contributed by atoms with van der Waals surface area (Å²) in [6, 6.07) is 7.41. The molecule has 1 rings (SSSR count). The van der Waals surface area contributed by atoms with Gasteiger partial charge in [-0.1, -0.05) is 44.2 Å². The third-order valence-corrected chi connectivity index (χ3v) is 3.46. The summed E-state index contributed by atoms with van der Waals surface area (Å²) in [6.45, 7) is 8.40. The molecule has 4 heteroatoms. The van der Waals surface area contributed by atoms with E-state index < -0.39 is 12.1 Å². The van der Waals surface area contributed by atoms with Crippen LogP contribution in [0.2, 0.25) is 0 Å². The van der Waals surface area contributed by atoms with Crippen molar-refractivity contribution in [1.29, 1.82) is 0 Å². The quantitative estimate of drug-likeness (QED) is 0.571. The van der Waals surface area contributed by atoms with Gasteiger partial charge in [0.15, 0.2) is 0 Å². The van der Waals surface area contributed by atoms with E-state index >= 15 is 0 Å². The Morgan fingerprint density at radius 2 is 1.90 bits per heavy atom. The van der Waals surface area contributed by atoms with E-state index in [2.05, 4.69) is 30.5 Å². The van der Waals surface area contributed by atoms with Crippen LogP contribution in [0.1, 0.15) is 43.4 Å². The molecule has 0 heterocycles. The number of benzene rings is 1. The minimum absolute atomic E-state index is 0.109. The highest BCUT2D eigenvalue weighted by molar-refractivity contribution is 5.70. The van der Waals surface area contributed by atoms with E-state index in [1.165, 1.54) is 12.7 Å². The molecule has 0 aromatic heterocycles. The van der Waals surface area contributed by atoms with Gasteiger partial charge in [0, 0.05) is 12.6 Å². The van der Waals surface area contributed by atoms with Gasteiger partial charge in [0.05, 0.1) is 19.6 Å². The van der Waals surface area contributed by atoms with E-state index in [4.69, 9.17) is 0 Å². The molecule has 2 unspecified atom stereocenters. The molecule has 21 heavy (non-hydrogen) atoms. The van der Waals surface area contributed by atoms with Gasteiger partial charge in [-0.2, -0.15) is 0 Å². The molecule has 2 N–H and O–H groups in total. The molecule has 1 aromatic carbocycles. The molecule has 4 nitrogen and oxygen atoms in total. The van der Waals surface area contributed by atoms with Crippen LogP contribution in [0.5, 0.6) is 0 Å². The largest absolute Gasteiger partial charge is 0.469 e. The molecule has 0 aliphatic rings. The number of hydrogen-bond donors (Lipinski definition) is 2. The number of aliphatic hydroxyl groups is 1. The SMILES string of the molecule is C=CCNC(CC(=O)OC)C(O)c1ccc(C(C)C)cc1. The van der Waals surface area contributed by atoms with Gasteiger partial charge >= 0.3 is 5.97 Å². The molecule has 2 atom stereocenters. The highest BCUT2D eigenvalue weighted by Crippen LogP contribution is 2.22. The van der Waals surface area contributed by atoms with Gasteiger partial charge in [-0.25, -0.2) is 0 Å². The van der Waals surface area contributed by atoms with Gasteiger partial charge in [-0.15, -0.1) is 6.58 Å². The van der Waals surface area contributed by atoms with Crippen LogP contribution in [-0.4, -0.2) is 30.8 Å². The lowest BCUT2D eigenvalue weighted by Gasteiger charge is -2.23. The van der Waals surface area contributed by atoms with Crippen LogP contribution in [0, 0.1) is 0 Å². The summed E-state index contributed by atoms with van der Waals surface area (Å²) < 4.78 is 4.68. The number of methoxy groups -OCH3 is 1. The Morgan fingerprint density at radius 1 is 1.33 bits per heavy atom. The zero-order chi connectivity index (χ0) is 15.8. The number of hydrogen-bond acceptors (Lipinski definition) is 4. The first-order valence-electron chi connectivity index (χ1n) is 7.18. The number of aliphatic hydroxyl groups excluding tert-OH is 1. The van der Waals surface area contributed by atoms with Crippen LogP contribution in [0.3, 0.4) is 0 Å². The molecular weight excluding hydrogens is 266 g/mol. The summed E-state index contributed by atoms with van der Waals surface area (Å²) in [5.41, 5.74) is 2.00. The van der Waals surface area contributed by atoms with Gasteiger partial charge < -0.3 is 15.2 Å². The maximum absolute atomic E-state index is 11.5. The number of ether oxygens (including phenoxy) is 1. The number of carbonyl (C=O) groups excluding carboxylic acids is 1. The van der Waals surface area contributed by atoms with E-state index in [-0.39, 0.29) is 12.4 Å². The van der Waals surface area contributed by atoms with Crippen LogP contribution in [-0.2, 0) is 9.53 Å². The fourth-order valence-electron chi connectivity index (χ4n) is 2.10. The van der Waals surface area contributed by atoms with E-state index in [9.17, 15) is 9.90 Å². The molecule has 0 spiro atoms. The molecule has 0 saturated carbocycles. The predicted octanol–water partition coefficient (Wildman–Crippen LogP) is 2.55. The fourth-order valence-corrected chi connectivity index (χ4v) is 2.10. The molecule has 0 amide bonds. The Bertz CT molecular complexity index is 454. The lowest BCUT2D eigenvalue weighted by Crippen LogP contribution is -2.37. The normalized spacial score (nSPS) is 13.8. The second kappa shape index (κ2) is 8.60. The molecule has 0 fully saturated rings. The summed E-state index contributed by atoms with van der Waals surface area (Å²) >= 11 is 0. The predicted molar refractivity (Wildman–Crippen MR) is 84.1 cm³/mol. The molecule has 0 saturated heterocycles. The third-order valence-electron chi connectivity index (χ3n) is 3.46. The molecule has 0 radical (unpaired) electrons. The maximum Gasteiger partial charge on any atom is 0.307 e. The van der Waals surface area contributed by atoms with E-state index in [0.29, 0.717) is 12.5 Å². The fraction of sp³-hybridized carbons (Fsp3) is 0.471. The van der Waals surface area contributed by atoms with Crippen LogP contribution in [0.25, 0.3) is 0 Å². The molecule has 0 aliphatic carbocycles. The summed E-state index contributed by atoms with van der Waals surface area (Å²) in [5.74, 6) is 0.0929. The van der Waals surface area contributed by atoms with Gasteiger partial charge in [-0.3, -0.25) is 4.79 Å². The summed E-state index contributed by atoms with van der Waals surface area (Å²) in [5, 5.41) is 13.6. The van der Waals surface area contributed by atoms with Crippen LogP contribution >= 0.6 is 0 Å². The topological polar surface area (TPSA) is 58.6 Å². The molecule has 0 aliphatic heterocycles. The van der Waals surface area contributed by atoms with Crippen molar-refractivity contribution in [1.82, 2.24) is 5.32 Å². The summed E-state index contributed by atoms with van der Waals surface area (Å²) in [4.78, 5) is 11.5. The highest BCUT2D eigenvalue weighted by Gasteiger charge is 2.23. The zero-order valence-electron chi connectivity index (χ0n) is 13.0. The standard InChI is InChI=1S/C17H25NO3/c1-5-10-18-15(11-16(19)21-4)17(20)14-8-6-13(7-9-14)12(2)3/h5-9,12,15,17-18,20H,1,10-11H2,2-4H3. The van der Waals surface area contributed by atoms with Crippen molar-refractivity contribution < 1.29 is 14.6 Å². The van der Waals surface area contributed by atoms with Gasteiger partial charge in [0.25, 0.3) is 0 Å². The average Bonchev–Trinajstić information content (AvgIpc) is 2.50. The second-order valence-electron chi connectivity index (χ2n) is 5.35. The van der Waals surface area contributed by atoms with Crippen molar-refractivity contribution in [3.05, 3.63) is 48.0 Å². The number of esters is 1. The van der Waals surface area contributed by atoms with Gasteiger partial charge in [0.2, 0.25) is 0 Å². The molecule has 116 valence electrons. The Hall–Kier alpha value is -1.65. The van der Waals surface area contributed by atoms with Gasteiger partial charge in [-0.05, 0) is 17.0 Å². The van der Waals surface area contributed by atoms with Crippen molar-refractivity contribution in [2.24, 2.45) is 0 Å². The Balaban J connectivity index is 2.84. The monoisotopic (exact) mass is 291 g/mol. The van der Waals surface area contributed by atoms with Gasteiger partial charge in [0.1, 0.15) is 0 Å². The van der Waals surface area contributed by atoms with Crippen LogP contribution < -0.4 is 5.32 Å². The van der Waals surface area contributed by atoms with Crippen molar-refractivity contribution in [3.63, 3.8) is 0 Å². The first-order valence-corrected chi connectivity index (χ1v) is 7.18. The average molecular weight is 291 g/mol. The van der Waals surface area contributed by atoms with Crippen molar-refractivity contribution in [2.75, 3.05) is 13.7 Å². The first-order chi connectivity index (χ1) is 9.99. The minimum atomic E-state index is -0.773. The zero-order valence-corrected chi connectivity index (χ0v) is 13.0. The number of nitrogens with one attached hydrogen (secondary N) is 1. The summed E-state index contributed by atoms with van der Waals surface area (Å²) in [6.07, 6.45) is 1.03. The van der Waals surface area contributed by atoms with Crippen LogP contribution in [0.15, 0.2) is 36.9 Å². The highest BCUT2D eigenvalue weighted by atomic mass is 16.5. The van der Waals surface area contributed by atoms with Crippen molar-refractivity contribution >= 4 is 5.97 Å². The second-order valence-corrected chi connectivity index (χ2v) is 5.35. The minimum Gasteiger partial charge on any atom is -0.469 e. The lowest BCUT2D eigenvalue weighted by atomic mass is 9.96. The maximum atomic E-state index is 11.5. The molecule has 1 aromatic rings. The molecule has 0 bridgehead atoms. The van der Waals surface area contributed by atoms with Crippen LogP contribution in [0.4, 0.5) is 0 Å². The Kier molecular flexibility index (Phi) is 7.12. The molecular formula is C17H25NO3. The number of carbonyl (C=O) groups is 1. The van der Waals surface area contributed by atoms with Crippen molar-refractivity contribution in [2.45, 2.75) is 38.3 Å². The van der Waals surface area contributed by atoms with Crippen molar-refractivity contribution in [3.8, 4) is 0 Å². The third kappa shape index (κ3) is 5.33.